The van der Waals surface area contributed by atoms with Crippen LogP contribution in [-0.4, -0.2) is 13.7 Å². The molecule has 660 valence electrons. The summed E-state index contributed by atoms with van der Waals surface area (Å²) in [5.74, 6) is 0. The van der Waals surface area contributed by atoms with Crippen molar-refractivity contribution in [3.63, 3.8) is 0 Å². The molecule has 23 aromatic carbocycles. The molecule has 3 aromatic heterocycles. The second kappa shape index (κ2) is 37.7. The van der Waals surface area contributed by atoms with E-state index < -0.39 is 0 Å². The van der Waals surface area contributed by atoms with E-state index in [1.807, 2.05) is 0 Å². The third-order valence-electron chi connectivity index (χ3n) is 27.2. The molecule has 6 nitrogen and oxygen atoms in total. The van der Waals surface area contributed by atoms with E-state index in [0.717, 1.165) is 68.2 Å². The van der Waals surface area contributed by atoms with Crippen LogP contribution < -0.4 is 14.7 Å². The molecular formula is C134H94N6. The Balaban J connectivity index is 0.000000114. The molecule has 0 spiro atoms. The second-order valence-corrected chi connectivity index (χ2v) is 35.5. The summed E-state index contributed by atoms with van der Waals surface area (Å²) in [5.41, 5.74) is 35.2. The van der Waals surface area contributed by atoms with Crippen molar-refractivity contribution in [2.24, 2.45) is 0 Å². The number of rotatable bonds is 18. The quantitative estimate of drug-likeness (QED) is 0.0856. The van der Waals surface area contributed by atoms with Crippen LogP contribution in [0.4, 0.5) is 51.2 Å². The number of aromatic nitrogens is 3. The summed E-state index contributed by atoms with van der Waals surface area (Å²) < 4.78 is 7.10. The van der Waals surface area contributed by atoms with Gasteiger partial charge in [0.1, 0.15) is 0 Å². The topological polar surface area (TPSA) is 24.5 Å². The molecule has 0 unspecified atom stereocenters. The highest BCUT2D eigenvalue weighted by atomic mass is 15.2. The third kappa shape index (κ3) is 16.5. The lowest BCUT2D eigenvalue weighted by Gasteiger charge is -2.26. The Kier molecular flexibility index (Phi) is 22.7. The molecule has 0 amide bonds. The third-order valence-corrected chi connectivity index (χ3v) is 27.2. The van der Waals surface area contributed by atoms with E-state index in [-0.39, 0.29) is 0 Å². The molecule has 0 aliphatic heterocycles. The monoisotopic (exact) mass is 1790 g/mol. The number of hydrogen-bond acceptors (Lipinski definition) is 3. The molecule has 0 saturated heterocycles. The van der Waals surface area contributed by atoms with Gasteiger partial charge >= 0.3 is 0 Å². The first kappa shape index (κ1) is 84.4. The van der Waals surface area contributed by atoms with E-state index in [0.29, 0.717) is 0 Å². The highest BCUT2D eigenvalue weighted by molar-refractivity contribution is 6.12. The van der Waals surface area contributed by atoms with Gasteiger partial charge in [0.15, 0.2) is 0 Å². The smallest absolute Gasteiger partial charge is 0.0541 e. The minimum atomic E-state index is 1.10. The lowest BCUT2D eigenvalue weighted by molar-refractivity contribution is 1.17. The van der Waals surface area contributed by atoms with Gasteiger partial charge in [-0.3, -0.25) is 0 Å². The van der Waals surface area contributed by atoms with Crippen molar-refractivity contribution < 1.29 is 0 Å². The molecule has 0 bridgehead atoms. The van der Waals surface area contributed by atoms with Gasteiger partial charge in [-0.1, -0.05) is 382 Å². The number of fused-ring (bicyclic) bond motifs is 11. The van der Waals surface area contributed by atoms with Crippen LogP contribution in [-0.2, 0) is 0 Å². The summed E-state index contributed by atoms with van der Waals surface area (Å²) in [7, 11) is 0. The number of benzene rings is 23. The average Bonchev–Trinajstić information content (AvgIpc) is 1.59. The fourth-order valence-electron chi connectivity index (χ4n) is 20.4. The van der Waals surface area contributed by atoms with Crippen LogP contribution >= 0.6 is 0 Å². The van der Waals surface area contributed by atoms with Crippen molar-refractivity contribution in [1.82, 2.24) is 13.7 Å². The zero-order valence-electron chi connectivity index (χ0n) is 77.0. The van der Waals surface area contributed by atoms with Gasteiger partial charge in [0.05, 0.1) is 33.1 Å². The Morgan fingerprint density at radius 3 is 0.586 bits per heavy atom. The van der Waals surface area contributed by atoms with Gasteiger partial charge in [0, 0.05) is 101 Å². The van der Waals surface area contributed by atoms with Gasteiger partial charge in [0.25, 0.3) is 0 Å². The fourth-order valence-corrected chi connectivity index (χ4v) is 20.4. The first-order chi connectivity index (χ1) is 69.4. The van der Waals surface area contributed by atoms with E-state index >= 15 is 0 Å². The molecule has 0 aliphatic rings. The molecule has 0 radical (unpaired) electrons. The predicted octanol–water partition coefficient (Wildman–Crippen LogP) is 37.1. The highest BCUT2D eigenvalue weighted by Gasteiger charge is 2.23. The molecule has 26 rings (SSSR count). The van der Waals surface area contributed by atoms with Crippen LogP contribution in [0.25, 0.3) is 171 Å². The zero-order valence-corrected chi connectivity index (χ0v) is 77.0. The van der Waals surface area contributed by atoms with E-state index in [1.165, 1.54) is 154 Å². The van der Waals surface area contributed by atoms with Crippen LogP contribution in [0.2, 0.25) is 0 Å². The van der Waals surface area contributed by atoms with Crippen LogP contribution in [0, 0.1) is 0 Å². The molecule has 0 atom stereocenters. The van der Waals surface area contributed by atoms with Gasteiger partial charge in [0.2, 0.25) is 0 Å². The van der Waals surface area contributed by atoms with Crippen molar-refractivity contribution in [1.29, 1.82) is 0 Å². The molecule has 0 fully saturated rings. The van der Waals surface area contributed by atoms with Gasteiger partial charge in [-0.25, -0.2) is 0 Å². The maximum Gasteiger partial charge on any atom is 0.0541 e. The molecule has 6 heteroatoms. The maximum atomic E-state index is 2.37. The Morgan fingerprint density at radius 1 is 0.114 bits per heavy atom. The number of nitrogens with zero attached hydrogens (tertiary/aromatic N) is 6. The second-order valence-electron chi connectivity index (χ2n) is 35.5. The molecule has 0 aliphatic carbocycles. The van der Waals surface area contributed by atoms with Crippen molar-refractivity contribution in [3.8, 4) is 83.8 Å². The summed E-state index contributed by atoms with van der Waals surface area (Å²) in [5, 5.41) is 12.6. The molecule has 26 aromatic rings. The maximum absolute atomic E-state index is 2.37. The lowest BCUT2D eigenvalue weighted by Crippen LogP contribution is -2.10. The van der Waals surface area contributed by atoms with Crippen LogP contribution in [0.15, 0.2) is 570 Å². The fraction of sp³-hybridized carbons (Fsp3) is 0. The van der Waals surface area contributed by atoms with Crippen LogP contribution in [0.1, 0.15) is 0 Å². The summed E-state index contributed by atoms with van der Waals surface area (Å²) >= 11 is 0. The van der Waals surface area contributed by atoms with Gasteiger partial charge < -0.3 is 28.4 Å². The van der Waals surface area contributed by atoms with E-state index in [9.17, 15) is 0 Å². The Bertz CT molecular complexity index is 8630. The average molecular weight is 1790 g/mol. The summed E-state index contributed by atoms with van der Waals surface area (Å²) in [6.45, 7) is 0. The predicted molar refractivity (Wildman–Crippen MR) is 594 cm³/mol. The first-order valence-corrected chi connectivity index (χ1v) is 47.9. The summed E-state index contributed by atoms with van der Waals surface area (Å²) in [6, 6.07) is 205. The largest absolute Gasteiger partial charge is 0.311 e. The molecule has 3 heterocycles. The van der Waals surface area contributed by atoms with E-state index in [1.54, 1.807) is 0 Å². The number of hydrogen-bond donors (Lipinski definition) is 0. The van der Waals surface area contributed by atoms with E-state index in [4.69, 9.17) is 0 Å². The van der Waals surface area contributed by atoms with E-state index in [2.05, 4.69) is 599 Å². The van der Waals surface area contributed by atoms with Crippen molar-refractivity contribution >= 4 is 138 Å². The Hall–Kier alpha value is -18.6. The lowest BCUT2D eigenvalue weighted by atomic mass is 9.98. The van der Waals surface area contributed by atoms with Crippen molar-refractivity contribution in [2.45, 2.75) is 0 Å². The first-order valence-electron chi connectivity index (χ1n) is 47.9. The van der Waals surface area contributed by atoms with Crippen LogP contribution in [0.5, 0.6) is 0 Å². The highest BCUT2D eigenvalue weighted by Crippen LogP contribution is 2.45. The van der Waals surface area contributed by atoms with Gasteiger partial charge in [-0.15, -0.1) is 0 Å². The standard InChI is InChI=1S/2C46H32N2.C42H30N2/c1-2-11-33(12-3-1)34-21-25-37(26-22-34)47(38-27-23-36(24-28-38)42-18-10-14-35-13-4-5-15-41(35)42)39-29-31-40(32-30-39)48-45-19-8-6-16-43(45)44-17-7-9-20-46(44)48;1-2-10-33(11-3-1)35-20-24-39(25-21-35)47(40-26-22-36(23-27-40)38-19-18-34-12-4-5-13-37(34)32-38)41-28-30-42(31-29-41)48-45-16-8-6-14-43(45)44-15-7-9-17-46(44)48;1-3-11-31(12-4-1)33-19-23-35(24-20-33)43(36-25-21-34(22-26-36)32-13-5-2-6-14-32)37-27-29-38(30-28-37)44-41-17-9-7-15-39(41)40-16-8-10-18-42(40)44/h2*1-32H;1-30H. The number of anilines is 9. The number of para-hydroxylation sites is 6. The SMILES string of the molecule is c1ccc(-c2ccc(N(c3ccc(-c4ccc5ccccc5c4)cc3)c3ccc(-n4c5ccccc5c5ccccc54)cc3)cc2)cc1.c1ccc(-c2ccc(N(c3ccc(-c4cccc5ccccc45)cc3)c3ccc(-n4c5ccccc5c5ccccc54)cc3)cc2)cc1.c1ccc(-c2ccc(N(c3ccc(-c4ccccc4)cc3)c3ccc(-n4c5ccccc5c5ccccc54)cc3)cc2)cc1. The summed E-state index contributed by atoms with van der Waals surface area (Å²) in [6.07, 6.45) is 0. The Morgan fingerprint density at radius 2 is 0.307 bits per heavy atom. The Labute approximate surface area is 814 Å². The summed E-state index contributed by atoms with van der Waals surface area (Å²) in [4.78, 5) is 7.02. The molecule has 0 N–H and O–H groups in total. The molecule has 0 saturated carbocycles. The van der Waals surface area contributed by atoms with Crippen LogP contribution in [0.3, 0.4) is 0 Å². The van der Waals surface area contributed by atoms with Crippen molar-refractivity contribution in [3.05, 3.63) is 570 Å². The van der Waals surface area contributed by atoms with Gasteiger partial charge in [-0.05, 0) is 276 Å². The zero-order chi connectivity index (χ0) is 93.0. The van der Waals surface area contributed by atoms with Gasteiger partial charge in [-0.2, -0.15) is 0 Å². The molecule has 140 heavy (non-hydrogen) atoms. The molecular weight excluding hydrogens is 1690 g/mol. The van der Waals surface area contributed by atoms with Crippen molar-refractivity contribution in [2.75, 3.05) is 14.7 Å². The normalized spacial score (nSPS) is 11.3. The minimum Gasteiger partial charge on any atom is -0.311 e. The minimum absolute atomic E-state index is 1.10.